The maximum absolute atomic E-state index is 12.4. The van der Waals surface area contributed by atoms with Gasteiger partial charge in [0, 0.05) is 22.9 Å². The van der Waals surface area contributed by atoms with Crippen molar-refractivity contribution in [3.8, 4) is 23.1 Å². The molecule has 4 aromatic rings. The summed E-state index contributed by atoms with van der Waals surface area (Å²) in [6.07, 6.45) is 3.08. The fourth-order valence-corrected chi connectivity index (χ4v) is 2.71. The lowest BCUT2D eigenvalue weighted by Crippen LogP contribution is -2.13. The summed E-state index contributed by atoms with van der Waals surface area (Å²) in [5.74, 6) is 1.26. The van der Waals surface area contributed by atoms with E-state index in [2.05, 4.69) is 46.4 Å². The van der Waals surface area contributed by atoms with Crippen LogP contribution in [0.1, 0.15) is 10.4 Å². The van der Waals surface area contributed by atoms with Crippen molar-refractivity contribution in [2.45, 2.75) is 0 Å². The molecule has 1 amide bonds. The summed E-state index contributed by atoms with van der Waals surface area (Å²) in [4.78, 5) is 24.9. The van der Waals surface area contributed by atoms with Crippen molar-refractivity contribution in [1.29, 1.82) is 0 Å². The Morgan fingerprint density at radius 3 is 2.75 bits per heavy atom. The number of benzene rings is 1. The van der Waals surface area contributed by atoms with Crippen molar-refractivity contribution in [3.05, 3.63) is 77.0 Å². The second-order valence-corrected chi connectivity index (χ2v) is 6.54. The van der Waals surface area contributed by atoms with Gasteiger partial charge in [0.1, 0.15) is 11.4 Å². The summed E-state index contributed by atoms with van der Waals surface area (Å²) in [6.45, 7) is 0. The maximum Gasteiger partial charge on any atom is 0.259 e. The molecule has 0 spiro atoms. The number of rotatable bonds is 5. The van der Waals surface area contributed by atoms with Gasteiger partial charge in [0.15, 0.2) is 5.82 Å². The van der Waals surface area contributed by atoms with Crippen LogP contribution in [-0.4, -0.2) is 31.1 Å². The van der Waals surface area contributed by atoms with E-state index in [0.29, 0.717) is 28.7 Å². The number of H-pyrrole nitrogens is 1. The molecule has 3 aromatic heterocycles. The Kier molecular flexibility index (Phi) is 5.07. The predicted molar refractivity (Wildman–Crippen MR) is 106 cm³/mol. The predicted octanol–water partition coefficient (Wildman–Crippen LogP) is 4.07. The molecule has 0 saturated carbocycles. The molecule has 0 saturated heterocycles. The highest BCUT2D eigenvalue weighted by atomic mass is 79.9. The largest absolute Gasteiger partial charge is 0.439 e. The Labute approximate surface area is 168 Å². The first kappa shape index (κ1) is 17.8. The number of nitrogens with zero attached hydrogens (tertiary/aromatic N) is 4. The number of halogens is 1. The molecule has 1 aromatic carbocycles. The van der Waals surface area contributed by atoms with Crippen LogP contribution in [0.4, 0.5) is 5.95 Å². The standard InChI is InChI=1S/C19H13BrN6O2/c20-13-4-3-5-14(10-13)28-16-8-7-12(11-22-16)18(27)24-19-23-17(25-26-19)15-6-1-2-9-21-15/h1-11H,(H2,23,24,25,26,27). The zero-order valence-electron chi connectivity index (χ0n) is 14.3. The summed E-state index contributed by atoms with van der Waals surface area (Å²) in [6, 6.07) is 16.1. The molecule has 28 heavy (non-hydrogen) atoms. The fraction of sp³-hybridized carbons (Fsp3) is 0. The Balaban J connectivity index is 1.42. The third-order valence-corrected chi connectivity index (χ3v) is 4.13. The van der Waals surface area contributed by atoms with E-state index in [4.69, 9.17) is 4.74 Å². The van der Waals surface area contributed by atoms with Gasteiger partial charge in [-0.3, -0.25) is 20.2 Å². The zero-order valence-corrected chi connectivity index (χ0v) is 15.9. The average Bonchev–Trinajstić information content (AvgIpc) is 3.18. The minimum Gasteiger partial charge on any atom is -0.439 e. The summed E-state index contributed by atoms with van der Waals surface area (Å²) in [7, 11) is 0. The lowest BCUT2D eigenvalue weighted by molar-refractivity contribution is 0.102. The summed E-state index contributed by atoms with van der Waals surface area (Å²) in [5.41, 5.74) is 0.983. The lowest BCUT2D eigenvalue weighted by Gasteiger charge is -2.06. The van der Waals surface area contributed by atoms with Crippen molar-refractivity contribution in [3.63, 3.8) is 0 Å². The van der Waals surface area contributed by atoms with Gasteiger partial charge in [0.25, 0.3) is 5.91 Å². The van der Waals surface area contributed by atoms with Gasteiger partial charge in [-0.1, -0.05) is 28.1 Å². The van der Waals surface area contributed by atoms with Crippen molar-refractivity contribution in [1.82, 2.24) is 25.1 Å². The number of pyridine rings is 2. The Morgan fingerprint density at radius 2 is 2.00 bits per heavy atom. The maximum atomic E-state index is 12.4. The molecule has 2 N–H and O–H groups in total. The van der Waals surface area contributed by atoms with E-state index in [9.17, 15) is 4.79 Å². The van der Waals surface area contributed by atoms with Gasteiger partial charge in [-0.15, -0.1) is 5.10 Å². The molecule has 8 nitrogen and oxygen atoms in total. The van der Waals surface area contributed by atoms with E-state index in [1.165, 1.54) is 6.20 Å². The van der Waals surface area contributed by atoms with E-state index in [0.717, 1.165) is 4.47 Å². The number of nitrogens with one attached hydrogen (secondary N) is 2. The van der Waals surface area contributed by atoms with Crippen LogP contribution in [0.2, 0.25) is 0 Å². The van der Waals surface area contributed by atoms with Crippen LogP contribution in [0.15, 0.2) is 71.5 Å². The molecule has 0 aliphatic rings. The third-order valence-electron chi connectivity index (χ3n) is 3.64. The smallest absolute Gasteiger partial charge is 0.259 e. The number of carbonyl (C=O) groups excluding carboxylic acids is 1. The molecular formula is C19H13BrN6O2. The van der Waals surface area contributed by atoms with Gasteiger partial charge in [-0.05, 0) is 36.4 Å². The molecule has 9 heteroatoms. The molecule has 0 radical (unpaired) electrons. The monoisotopic (exact) mass is 436 g/mol. The van der Waals surface area contributed by atoms with Crippen LogP contribution >= 0.6 is 15.9 Å². The molecule has 3 heterocycles. The number of anilines is 1. The minimum absolute atomic E-state index is 0.153. The average molecular weight is 437 g/mol. The highest BCUT2D eigenvalue weighted by Crippen LogP contribution is 2.23. The summed E-state index contributed by atoms with van der Waals surface area (Å²) in [5, 5.41) is 9.34. The summed E-state index contributed by atoms with van der Waals surface area (Å²) >= 11 is 3.38. The van der Waals surface area contributed by atoms with E-state index in [1.54, 1.807) is 30.5 Å². The second-order valence-electron chi connectivity index (χ2n) is 5.62. The molecule has 0 fully saturated rings. The van der Waals surface area contributed by atoms with Crippen molar-refractivity contribution in [2.75, 3.05) is 5.32 Å². The molecule has 0 unspecified atom stereocenters. The molecule has 0 atom stereocenters. The van der Waals surface area contributed by atoms with Gasteiger partial charge in [-0.2, -0.15) is 4.98 Å². The van der Waals surface area contributed by atoms with E-state index in [-0.39, 0.29) is 11.9 Å². The van der Waals surface area contributed by atoms with Crippen molar-refractivity contribution in [2.24, 2.45) is 0 Å². The molecular weight excluding hydrogens is 424 g/mol. The first-order chi connectivity index (χ1) is 13.7. The Morgan fingerprint density at radius 1 is 1.07 bits per heavy atom. The van der Waals surface area contributed by atoms with Gasteiger partial charge < -0.3 is 4.74 Å². The quantitative estimate of drug-likeness (QED) is 0.488. The van der Waals surface area contributed by atoms with Crippen LogP contribution in [-0.2, 0) is 0 Å². The molecule has 4 rings (SSSR count). The number of hydrogen-bond acceptors (Lipinski definition) is 6. The van der Waals surface area contributed by atoms with Crippen LogP contribution in [0, 0.1) is 0 Å². The molecule has 0 bridgehead atoms. The topological polar surface area (TPSA) is 106 Å². The van der Waals surface area contributed by atoms with Gasteiger partial charge in [0.2, 0.25) is 11.8 Å². The zero-order chi connectivity index (χ0) is 19.3. The van der Waals surface area contributed by atoms with Gasteiger partial charge in [0.05, 0.1) is 5.56 Å². The summed E-state index contributed by atoms with van der Waals surface area (Å²) < 4.78 is 6.56. The number of ether oxygens (including phenoxy) is 1. The number of aromatic nitrogens is 5. The molecule has 0 aliphatic heterocycles. The fourth-order valence-electron chi connectivity index (χ4n) is 2.34. The van der Waals surface area contributed by atoms with Crippen molar-refractivity contribution >= 4 is 27.8 Å². The Bertz CT molecular complexity index is 1100. The van der Waals surface area contributed by atoms with Gasteiger partial charge >= 0.3 is 0 Å². The number of hydrogen-bond donors (Lipinski definition) is 2. The first-order valence-electron chi connectivity index (χ1n) is 8.22. The van der Waals surface area contributed by atoms with E-state index in [1.807, 2.05) is 30.3 Å². The lowest BCUT2D eigenvalue weighted by atomic mass is 10.2. The normalized spacial score (nSPS) is 10.5. The third kappa shape index (κ3) is 4.21. The highest BCUT2D eigenvalue weighted by Gasteiger charge is 2.12. The van der Waals surface area contributed by atoms with Crippen LogP contribution < -0.4 is 10.1 Å². The van der Waals surface area contributed by atoms with Crippen LogP contribution in [0.5, 0.6) is 11.6 Å². The molecule has 138 valence electrons. The molecule has 0 aliphatic carbocycles. The highest BCUT2D eigenvalue weighted by molar-refractivity contribution is 9.10. The van der Waals surface area contributed by atoms with Crippen LogP contribution in [0.3, 0.4) is 0 Å². The number of aromatic amines is 1. The number of carbonyl (C=O) groups is 1. The Hall–Kier alpha value is -3.59. The van der Waals surface area contributed by atoms with E-state index < -0.39 is 0 Å². The SMILES string of the molecule is O=C(Nc1n[nH]c(-c2ccccn2)n1)c1ccc(Oc2cccc(Br)c2)nc1. The van der Waals surface area contributed by atoms with E-state index >= 15 is 0 Å². The first-order valence-corrected chi connectivity index (χ1v) is 9.01. The number of amides is 1. The van der Waals surface area contributed by atoms with Crippen molar-refractivity contribution < 1.29 is 9.53 Å². The second kappa shape index (κ2) is 7.97. The van der Waals surface area contributed by atoms with Crippen LogP contribution in [0.25, 0.3) is 11.5 Å². The van der Waals surface area contributed by atoms with Gasteiger partial charge in [-0.25, -0.2) is 4.98 Å². The minimum atomic E-state index is -0.381.